The van der Waals surface area contributed by atoms with Crippen molar-refractivity contribution >= 4 is 0 Å². The van der Waals surface area contributed by atoms with Crippen molar-refractivity contribution in [3.8, 4) is 0 Å². The fourth-order valence-corrected chi connectivity index (χ4v) is 3.57. The Hall–Kier alpha value is -0.820. The highest BCUT2D eigenvalue weighted by molar-refractivity contribution is 5.32. The zero-order valence-electron chi connectivity index (χ0n) is 13.5. The summed E-state index contributed by atoms with van der Waals surface area (Å²) in [5.41, 5.74) is 3.23. The molecule has 0 spiro atoms. The molecule has 0 amide bonds. The quantitative estimate of drug-likeness (QED) is 0.744. The van der Waals surface area contributed by atoms with E-state index in [4.69, 9.17) is 0 Å². The Bertz CT molecular complexity index is 397. The fraction of sp³-hybridized carbons (Fsp3) is 0.684. The SMILES string of the molecule is CCNC(CCC(C)C)CC1CCCc2ccccc21. The van der Waals surface area contributed by atoms with Gasteiger partial charge in [-0.3, -0.25) is 0 Å². The summed E-state index contributed by atoms with van der Waals surface area (Å²) in [6.07, 6.45) is 8.00. The van der Waals surface area contributed by atoms with E-state index >= 15 is 0 Å². The lowest BCUT2D eigenvalue weighted by atomic mass is 9.79. The van der Waals surface area contributed by atoms with Crippen LogP contribution in [-0.2, 0) is 6.42 Å². The highest BCUT2D eigenvalue weighted by Gasteiger charge is 2.22. The minimum Gasteiger partial charge on any atom is -0.314 e. The van der Waals surface area contributed by atoms with Gasteiger partial charge < -0.3 is 5.32 Å². The van der Waals surface area contributed by atoms with Crippen LogP contribution in [0.2, 0.25) is 0 Å². The monoisotopic (exact) mass is 273 g/mol. The van der Waals surface area contributed by atoms with E-state index in [2.05, 4.69) is 50.4 Å². The molecule has 0 aromatic heterocycles. The third-order valence-corrected chi connectivity index (χ3v) is 4.65. The van der Waals surface area contributed by atoms with Gasteiger partial charge in [-0.15, -0.1) is 0 Å². The minimum atomic E-state index is 0.693. The van der Waals surface area contributed by atoms with Crippen LogP contribution in [-0.4, -0.2) is 12.6 Å². The largest absolute Gasteiger partial charge is 0.314 e. The Morgan fingerprint density at radius 3 is 2.75 bits per heavy atom. The molecule has 1 N–H and O–H groups in total. The standard InChI is InChI=1S/C19H31N/c1-4-20-18(13-12-15(2)3)14-17-10-7-9-16-8-5-6-11-19(16)17/h5-6,8,11,15,17-18,20H,4,7,9-10,12-14H2,1-3H3. The van der Waals surface area contributed by atoms with Gasteiger partial charge in [-0.25, -0.2) is 0 Å². The van der Waals surface area contributed by atoms with Gasteiger partial charge in [-0.05, 0) is 68.0 Å². The summed E-state index contributed by atoms with van der Waals surface area (Å²) in [6.45, 7) is 7.99. The highest BCUT2D eigenvalue weighted by atomic mass is 14.9. The van der Waals surface area contributed by atoms with E-state index in [-0.39, 0.29) is 0 Å². The molecule has 0 aliphatic heterocycles. The summed E-state index contributed by atoms with van der Waals surface area (Å²) in [6, 6.07) is 9.80. The molecule has 1 aliphatic carbocycles. The Labute approximate surface area is 125 Å². The first-order valence-corrected chi connectivity index (χ1v) is 8.51. The average molecular weight is 273 g/mol. The Morgan fingerprint density at radius 2 is 2.00 bits per heavy atom. The average Bonchev–Trinajstić information content (AvgIpc) is 2.45. The van der Waals surface area contributed by atoms with E-state index < -0.39 is 0 Å². The molecule has 1 nitrogen and oxygen atoms in total. The molecule has 1 aliphatic rings. The molecule has 0 heterocycles. The van der Waals surface area contributed by atoms with Gasteiger partial charge in [0.1, 0.15) is 0 Å². The first-order valence-electron chi connectivity index (χ1n) is 8.51. The van der Waals surface area contributed by atoms with Crippen molar-refractivity contribution in [3.63, 3.8) is 0 Å². The van der Waals surface area contributed by atoms with Gasteiger partial charge in [0.15, 0.2) is 0 Å². The van der Waals surface area contributed by atoms with E-state index in [0.717, 1.165) is 18.4 Å². The van der Waals surface area contributed by atoms with Crippen LogP contribution < -0.4 is 5.32 Å². The molecular weight excluding hydrogens is 242 g/mol. The molecule has 0 bridgehead atoms. The lowest BCUT2D eigenvalue weighted by molar-refractivity contribution is 0.374. The summed E-state index contributed by atoms with van der Waals surface area (Å²) in [7, 11) is 0. The summed E-state index contributed by atoms with van der Waals surface area (Å²) in [5.74, 6) is 1.59. The highest BCUT2D eigenvalue weighted by Crippen LogP contribution is 2.35. The molecule has 0 saturated carbocycles. The van der Waals surface area contributed by atoms with Crippen molar-refractivity contribution in [2.24, 2.45) is 5.92 Å². The number of benzene rings is 1. The molecule has 1 heteroatoms. The maximum absolute atomic E-state index is 3.72. The van der Waals surface area contributed by atoms with Gasteiger partial charge in [-0.1, -0.05) is 45.0 Å². The Kier molecular flexibility index (Phi) is 6.09. The second-order valence-corrected chi connectivity index (χ2v) is 6.75. The van der Waals surface area contributed by atoms with Crippen molar-refractivity contribution in [1.82, 2.24) is 5.32 Å². The fourth-order valence-electron chi connectivity index (χ4n) is 3.57. The van der Waals surface area contributed by atoms with Crippen LogP contribution in [0, 0.1) is 5.92 Å². The van der Waals surface area contributed by atoms with E-state index in [1.165, 1.54) is 38.5 Å². The Morgan fingerprint density at radius 1 is 1.20 bits per heavy atom. The predicted octanol–water partition coefficient (Wildman–Crippen LogP) is 4.91. The van der Waals surface area contributed by atoms with Crippen molar-refractivity contribution in [2.75, 3.05) is 6.54 Å². The van der Waals surface area contributed by atoms with E-state index in [1.807, 2.05) is 0 Å². The third kappa shape index (κ3) is 4.34. The lowest BCUT2D eigenvalue weighted by Gasteiger charge is -2.29. The number of fused-ring (bicyclic) bond motifs is 1. The minimum absolute atomic E-state index is 0.693. The van der Waals surface area contributed by atoms with Crippen LogP contribution in [0.3, 0.4) is 0 Å². The number of rotatable bonds is 7. The van der Waals surface area contributed by atoms with Crippen LogP contribution in [0.5, 0.6) is 0 Å². The first kappa shape index (κ1) is 15.6. The normalized spacial score (nSPS) is 19.9. The predicted molar refractivity (Wildman–Crippen MR) is 88.3 cm³/mol. The van der Waals surface area contributed by atoms with E-state index in [0.29, 0.717) is 6.04 Å². The van der Waals surface area contributed by atoms with Crippen LogP contribution in [0.15, 0.2) is 24.3 Å². The van der Waals surface area contributed by atoms with Crippen LogP contribution in [0.1, 0.15) is 69.9 Å². The molecule has 1 aromatic carbocycles. The number of aryl methyl sites for hydroxylation is 1. The molecule has 2 rings (SSSR count). The summed E-state index contributed by atoms with van der Waals surface area (Å²) in [5, 5.41) is 3.72. The van der Waals surface area contributed by atoms with Crippen molar-refractivity contribution in [1.29, 1.82) is 0 Å². The topological polar surface area (TPSA) is 12.0 Å². The number of hydrogen-bond acceptors (Lipinski definition) is 1. The van der Waals surface area contributed by atoms with Crippen molar-refractivity contribution in [3.05, 3.63) is 35.4 Å². The zero-order chi connectivity index (χ0) is 14.4. The van der Waals surface area contributed by atoms with Gasteiger partial charge in [0.25, 0.3) is 0 Å². The van der Waals surface area contributed by atoms with E-state index in [9.17, 15) is 0 Å². The van der Waals surface area contributed by atoms with Gasteiger partial charge >= 0.3 is 0 Å². The molecule has 1 aromatic rings. The molecule has 2 unspecified atom stereocenters. The number of nitrogens with one attached hydrogen (secondary N) is 1. The second-order valence-electron chi connectivity index (χ2n) is 6.75. The molecule has 0 fully saturated rings. The molecule has 0 saturated heterocycles. The lowest BCUT2D eigenvalue weighted by Crippen LogP contribution is -2.31. The smallest absolute Gasteiger partial charge is 0.00728 e. The van der Waals surface area contributed by atoms with Crippen LogP contribution in [0.25, 0.3) is 0 Å². The molecule has 112 valence electrons. The summed E-state index contributed by atoms with van der Waals surface area (Å²) < 4.78 is 0. The summed E-state index contributed by atoms with van der Waals surface area (Å²) >= 11 is 0. The van der Waals surface area contributed by atoms with Gasteiger partial charge in [0.05, 0.1) is 0 Å². The maximum atomic E-state index is 3.72. The summed E-state index contributed by atoms with van der Waals surface area (Å²) in [4.78, 5) is 0. The maximum Gasteiger partial charge on any atom is 0.00728 e. The van der Waals surface area contributed by atoms with Crippen molar-refractivity contribution < 1.29 is 0 Å². The van der Waals surface area contributed by atoms with Gasteiger partial charge in [-0.2, -0.15) is 0 Å². The Balaban J connectivity index is 2.00. The third-order valence-electron chi connectivity index (χ3n) is 4.65. The molecule has 0 radical (unpaired) electrons. The van der Waals surface area contributed by atoms with Crippen molar-refractivity contribution in [2.45, 2.75) is 71.3 Å². The van der Waals surface area contributed by atoms with Gasteiger partial charge in [0.2, 0.25) is 0 Å². The second kappa shape index (κ2) is 7.83. The van der Waals surface area contributed by atoms with E-state index in [1.54, 1.807) is 11.1 Å². The van der Waals surface area contributed by atoms with Crippen LogP contribution >= 0.6 is 0 Å². The molecule has 2 atom stereocenters. The molecular formula is C19H31N. The zero-order valence-corrected chi connectivity index (χ0v) is 13.5. The number of hydrogen-bond donors (Lipinski definition) is 1. The van der Waals surface area contributed by atoms with Gasteiger partial charge in [0, 0.05) is 6.04 Å². The van der Waals surface area contributed by atoms with Crippen LogP contribution in [0.4, 0.5) is 0 Å². The molecule has 20 heavy (non-hydrogen) atoms. The first-order chi connectivity index (χ1) is 9.70.